The van der Waals surface area contributed by atoms with Gasteiger partial charge < -0.3 is 32.5 Å². The van der Waals surface area contributed by atoms with Gasteiger partial charge in [0.1, 0.15) is 18.6 Å². The van der Waals surface area contributed by atoms with Crippen molar-refractivity contribution in [3.8, 4) is 0 Å². The van der Waals surface area contributed by atoms with Crippen LogP contribution < -0.4 is 27.4 Å². The molecule has 0 aliphatic heterocycles. The van der Waals surface area contributed by atoms with Crippen molar-refractivity contribution in [2.45, 2.75) is 64.6 Å². The molecule has 0 bridgehead atoms. The SMILES string of the molecule is CCC(C)C(NC(=O)C(CCCCN)NC(=O)C(C)N)C(=O)NCC(=O)O. The number of carbonyl (C=O) groups is 4. The Bertz CT molecular complexity index is 512. The highest BCUT2D eigenvalue weighted by molar-refractivity contribution is 5.93. The molecule has 0 aliphatic carbocycles. The smallest absolute Gasteiger partial charge is 0.322 e. The van der Waals surface area contributed by atoms with Gasteiger partial charge in [-0.25, -0.2) is 0 Å². The van der Waals surface area contributed by atoms with Crippen LogP contribution in [-0.4, -0.2) is 60.0 Å². The summed E-state index contributed by atoms with van der Waals surface area (Å²) in [6.45, 7) is 5.05. The minimum atomic E-state index is -1.18. The first kappa shape index (κ1) is 24.8. The minimum Gasteiger partial charge on any atom is -0.480 e. The number of hydrogen-bond donors (Lipinski definition) is 6. The number of nitrogens with two attached hydrogens (primary N) is 2. The van der Waals surface area contributed by atoms with Crippen LogP contribution in [-0.2, 0) is 19.2 Å². The van der Waals surface area contributed by atoms with Crippen molar-refractivity contribution in [2.24, 2.45) is 17.4 Å². The van der Waals surface area contributed by atoms with E-state index in [-0.39, 0.29) is 5.92 Å². The molecule has 0 rings (SSSR count). The number of carboxylic acids is 1. The molecule has 0 aromatic heterocycles. The lowest BCUT2D eigenvalue weighted by Gasteiger charge is -2.26. The lowest BCUT2D eigenvalue weighted by molar-refractivity contribution is -0.139. The average Bonchev–Trinajstić information content (AvgIpc) is 2.62. The Kier molecular flexibility index (Phi) is 12.0. The van der Waals surface area contributed by atoms with Crippen LogP contribution in [0.15, 0.2) is 0 Å². The average molecular weight is 387 g/mol. The zero-order valence-electron chi connectivity index (χ0n) is 16.3. The molecule has 156 valence electrons. The number of unbranched alkanes of at least 4 members (excludes halogenated alkanes) is 1. The van der Waals surface area contributed by atoms with Gasteiger partial charge in [0, 0.05) is 0 Å². The molecule has 10 heteroatoms. The molecule has 0 saturated heterocycles. The van der Waals surface area contributed by atoms with Crippen molar-refractivity contribution in [1.29, 1.82) is 0 Å². The van der Waals surface area contributed by atoms with Gasteiger partial charge in [0.15, 0.2) is 0 Å². The van der Waals surface area contributed by atoms with Gasteiger partial charge in [0.25, 0.3) is 0 Å². The summed E-state index contributed by atoms with van der Waals surface area (Å²) in [5.41, 5.74) is 11.0. The van der Waals surface area contributed by atoms with E-state index in [0.29, 0.717) is 32.2 Å². The molecule has 0 heterocycles. The number of carbonyl (C=O) groups excluding carboxylic acids is 3. The highest BCUT2D eigenvalue weighted by Gasteiger charge is 2.30. The zero-order valence-corrected chi connectivity index (χ0v) is 16.3. The minimum absolute atomic E-state index is 0.225. The van der Waals surface area contributed by atoms with Crippen molar-refractivity contribution < 1.29 is 24.3 Å². The second kappa shape index (κ2) is 13.0. The normalized spacial score (nSPS) is 15.1. The summed E-state index contributed by atoms with van der Waals surface area (Å²) >= 11 is 0. The van der Waals surface area contributed by atoms with Crippen LogP contribution in [0.3, 0.4) is 0 Å². The summed E-state index contributed by atoms with van der Waals surface area (Å²) in [5.74, 6) is -2.98. The molecule has 0 fully saturated rings. The molecular formula is C17H33N5O5. The van der Waals surface area contributed by atoms with E-state index in [1.807, 2.05) is 6.92 Å². The van der Waals surface area contributed by atoms with Crippen LogP contribution in [0.4, 0.5) is 0 Å². The summed E-state index contributed by atoms with van der Waals surface area (Å²) < 4.78 is 0. The molecule has 0 aliphatic rings. The van der Waals surface area contributed by atoms with Crippen LogP contribution in [0, 0.1) is 5.92 Å². The van der Waals surface area contributed by atoms with E-state index in [2.05, 4.69) is 16.0 Å². The Morgan fingerprint density at radius 2 is 1.63 bits per heavy atom. The first-order valence-electron chi connectivity index (χ1n) is 9.19. The topological polar surface area (TPSA) is 177 Å². The Morgan fingerprint density at radius 3 is 2.11 bits per heavy atom. The number of rotatable bonds is 13. The molecule has 4 unspecified atom stereocenters. The van der Waals surface area contributed by atoms with Crippen LogP contribution in [0.2, 0.25) is 0 Å². The molecule has 27 heavy (non-hydrogen) atoms. The highest BCUT2D eigenvalue weighted by Crippen LogP contribution is 2.10. The number of nitrogens with one attached hydrogen (secondary N) is 3. The van der Waals surface area contributed by atoms with E-state index in [1.54, 1.807) is 6.92 Å². The molecule has 0 saturated carbocycles. The number of aliphatic carboxylic acids is 1. The van der Waals surface area contributed by atoms with E-state index in [0.717, 1.165) is 0 Å². The van der Waals surface area contributed by atoms with E-state index in [1.165, 1.54) is 6.92 Å². The monoisotopic (exact) mass is 387 g/mol. The second-order valence-corrected chi connectivity index (χ2v) is 6.62. The molecule has 10 nitrogen and oxygen atoms in total. The molecule has 3 amide bonds. The van der Waals surface area contributed by atoms with Gasteiger partial charge >= 0.3 is 5.97 Å². The molecule has 0 aromatic carbocycles. The van der Waals surface area contributed by atoms with Gasteiger partial charge in [-0.05, 0) is 38.6 Å². The largest absolute Gasteiger partial charge is 0.480 e. The first-order valence-corrected chi connectivity index (χ1v) is 9.19. The number of amides is 3. The molecule has 8 N–H and O–H groups in total. The Balaban J connectivity index is 5.16. The Morgan fingerprint density at radius 1 is 1.00 bits per heavy atom. The fourth-order valence-electron chi connectivity index (χ4n) is 2.29. The van der Waals surface area contributed by atoms with E-state index >= 15 is 0 Å². The summed E-state index contributed by atoms with van der Waals surface area (Å²) in [5, 5.41) is 16.2. The second-order valence-electron chi connectivity index (χ2n) is 6.62. The van der Waals surface area contributed by atoms with Crippen LogP contribution in [0.25, 0.3) is 0 Å². The van der Waals surface area contributed by atoms with Gasteiger partial charge in [0.2, 0.25) is 17.7 Å². The predicted octanol–water partition coefficient (Wildman–Crippen LogP) is -1.32. The van der Waals surface area contributed by atoms with Crippen molar-refractivity contribution in [2.75, 3.05) is 13.1 Å². The summed E-state index contributed by atoms with van der Waals surface area (Å²) in [4.78, 5) is 47.5. The van der Waals surface area contributed by atoms with Crippen molar-refractivity contribution in [1.82, 2.24) is 16.0 Å². The molecule has 0 aromatic rings. The zero-order chi connectivity index (χ0) is 21.0. The summed E-state index contributed by atoms with van der Waals surface area (Å²) in [6, 6.07) is -2.54. The third kappa shape index (κ3) is 9.90. The lowest BCUT2D eigenvalue weighted by atomic mass is 9.97. The van der Waals surface area contributed by atoms with Crippen molar-refractivity contribution >= 4 is 23.7 Å². The molecule has 4 atom stereocenters. The quantitative estimate of drug-likeness (QED) is 0.212. The Hall–Kier alpha value is -2.20. The third-order valence-electron chi connectivity index (χ3n) is 4.20. The summed E-state index contributed by atoms with van der Waals surface area (Å²) in [7, 11) is 0. The highest BCUT2D eigenvalue weighted by atomic mass is 16.4. The predicted molar refractivity (Wildman–Crippen MR) is 101 cm³/mol. The molecule has 0 radical (unpaired) electrons. The Labute approximate surface area is 159 Å². The van der Waals surface area contributed by atoms with Crippen LogP contribution in [0.1, 0.15) is 46.5 Å². The van der Waals surface area contributed by atoms with E-state index in [9.17, 15) is 19.2 Å². The van der Waals surface area contributed by atoms with Gasteiger partial charge in [-0.15, -0.1) is 0 Å². The van der Waals surface area contributed by atoms with E-state index < -0.39 is 48.4 Å². The maximum absolute atomic E-state index is 12.7. The summed E-state index contributed by atoms with van der Waals surface area (Å²) in [6.07, 6.45) is 2.25. The molecular weight excluding hydrogens is 354 g/mol. The standard InChI is InChI=1S/C17H33N5O5/c1-4-10(2)14(17(27)20-9-13(23)24)22-16(26)12(7-5-6-8-18)21-15(25)11(3)19/h10-12,14H,4-9,18-19H2,1-3H3,(H,20,27)(H,21,25)(H,22,26)(H,23,24). The first-order chi connectivity index (χ1) is 12.6. The third-order valence-corrected chi connectivity index (χ3v) is 4.20. The van der Waals surface area contributed by atoms with Crippen LogP contribution in [0.5, 0.6) is 0 Å². The van der Waals surface area contributed by atoms with Gasteiger partial charge in [-0.1, -0.05) is 20.3 Å². The number of carboxylic acid groups (broad SMARTS) is 1. The fourth-order valence-corrected chi connectivity index (χ4v) is 2.29. The van der Waals surface area contributed by atoms with Gasteiger partial charge in [0.05, 0.1) is 6.04 Å². The van der Waals surface area contributed by atoms with E-state index in [4.69, 9.17) is 16.6 Å². The number of hydrogen-bond acceptors (Lipinski definition) is 6. The van der Waals surface area contributed by atoms with Gasteiger partial charge in [-0.2, -0.15) is 0 Å². The van der Waals surface area contributed by atoms with Crippen molar-refractivity contribution in [3.63, 3.8) is 0 Å². The lowest BCUT2D eigenvalue weighted by Crippen LogP contribution is -2.57. The molecule has 0 spiro atoms. The van der Waals surface area contributed by atoms with Crippen LogP contribution >= 0.6 is 0 Å². The maximum atomic E-state index is 12.7. The van der Waals surface area contributed by atoms with Crippen molar-refractivity contribution in [3.05, 3.63) is 0 Å². The maximum Gasteiger partial charge on any atom is 0.322 e. The van der Waals surface area contributed by atoms with Gasteiger partial charge in [-0.3, -0.25) is 19.2 Å². The fraction of sp³-hybridized carbons (Fsp3) is 0.765.